The summed E-state index contributed by atoms with van der Waals surface area (Å²) in [6.07, 6.45) is 0.428. The largest absolute Gasteiger partial charge is 0.629 e. The Labute approximate surface area is 81.3 Å². The topological polar surface area (TPSA) is 110 Å². The van der Waals surface area contributed by atoms with E-state index in [2.05, 4.69) is 0 Å². The molecule has 0 aromatic rings. The van der Waals surface area contributed by atoms with Gasteiger partial charge in [-0.2, -0.15) is 0 Å². The average molecular weight is 219 g/mol. The van der Waals surface area contributed by atoms with E-state index < -0.39 is 26.0 Å². The number of aliphatic hydroxyl groups excluding tert-OH is 1. The predicted octanol–water partition coefficient (Wildman–Crippen LogP) is -1.40. The summed E-state index contributed by atoms with van der Waals surface area (Å²) in [7, 11) is -1.97. The van der Waals surface area contributed by atoms with Crippen molar-refractivity contribution >= 4 is 25.4 Å². The highest BCUT2D eigenvalue weighted by Gasteiger charge is 2.07. The number of hydrogen-bond donors (Lipinski definition) is 3. The van der Waals surface area contributed by atoms with Crippen LogP contribution >= 0.6 is 7.77 Å². The molecule has 0 aromatic heterocycles. The third-order valence-corrected chi connectivity index (χ3v) is 1.85. The van der Waals surface area contributed by atoms with E-state index in [1.165, 1.54) is 0 Å². The highest BCUT2D eigenvalue weighted by Crippen LogP contribution is 2.05. The Morgan fingerprint density at radius 2 is 2.14 bits per heavy atom. The van der Waals surface area contributed by atoms with Crippen LogP contribution in [0.1, 0.15) is 6.92 Å². The van der Waals surface area contributed by atoms with Crippen molar-refractivity contribution < 1.29 is 24.7 Å². The van der Waals surface area contributed by atoms with Gasteiger partial charge in [0.15, 0.2) is 6.35 Å². The standard InChI is InChI=1S/C7H10NO5P/c1-5(10)8-6(7(11)12)2-3-14(13)4-9/h2-3,9H,4H2,1H3,(H,8,10)(H,11,12)/b6-2-. The van der Waals surface area contributed by atoms with Gasteiger partial charge in [0.1, 0.15) is 11.5 Å². The van der Waals surface area contributed by atoms with Gasteiger partial charge in [-0.15, -0.1) is 0 Å². The summed E-state index contributed by atoms with van der Waals surface area (Å²) in [5.74, 6) is -0.849. The average Bonchev–Trinajstić information content (AvgIpc) is 2.10. The Morgan fingerprint density at radius 3 is 2.50 bits per heavy atom. The van der Waals surface area contributed by atoms with Crippen LogP contribution < -0.4 is 10.2 Å². The molecule has 14 heavy (non-hydrogen) atoms. The fourth-order valence-corrected chi connectivity index (χ4v) is 0.970. The second-order valence-electron chi connectivity index (χ2n) is 2.27. The lowest BCUT2D eigenvalue weighted by molar-refractivity contribution is -0.155. The van der Waals surface area contributed by atoms with Gasteiger partial charge in [0, 0.05) is 13.0 Å². The highest BCUT2D eigenvalue weighted by atomic mass is 31.1. The van der Waals surface area contributed by atoms with Crippen LogP contribution in [-0.2, 0) is 9.59 Å². The lowest BCUT2D eigenvalue weighted by atomic mass is 10.4. The number of hydrogen-bond acceptors (Lipinski definition) is 4. The van der Waals surface area contributed by atoms with Crippen LogP contribution in [-0.4, -0.2) is 34.2 Å². The molecular formula is C7H10NO5P. The number of allylic oxidation sites excluding steroid dienone is 1. The number of rotatable bonds is 4. The zero-order valence-corrected chi connectivity index (χ0v) is 8.32. The molecule has 1 atom stereocenters. The molecule has 0 aromatic carbocycles. The van der Waals surface area contributed by atoms with Crippen LogP contribution in [0, 0.1) is 0 Å². The summed E-state index contributed by atoms with van der Waals surface area (Å²) in [5.41, 5.74) is -0.380. The zero-order valence-electron chi connectivity index (χ0n) is 7.43. The van der Waals surface area contributed by atoms with Gasteiger partial charge in [0.05, 0.1) is 7.77 Å². The molecule has 7 heteroatoms. The monoisotopic (exact) mass is 219 g/mol. The molecule has 0 saturated heterocycles. The third kappa shape index (κ3) is 5.42. The normalized spacial score (nSPS) is 12.5. The first kappa shape index (κ1) is 12.8. The van der Waals surface area contributed by atoms with Crippen LogP contribution in [0.5, 0.6) is 0 Å². The maximum Gasteiger partial charge on any atom is 0.352 e. The van der Waals surface area contributed by atoms with Crippen molar-refractivity contribution in [3.05, 3.63) is 11.8 Å². The zero-order chi connectivity index (χ0) is 11.1. The van der Waals surface area contributed by atoms with E-state index in [0.29, 0.717) is 0 Å². The van der Waals surface area contributed by atoms with Crippen molar-refractivity contribution in [3.63, 3.8) is 0 Å². The summed E-state index contributed by atoms with van der Waals surface area (Å²) in [6, 6.07) is 0. The van der Waals surface area contributed by atoms with Crippen molar-refractivity contribution in [2.45, 2.75) is 6.92 Å². The first-order valence-electron chi connectivity index (χ1n) is 3.58. The Morgan fingerprint density at radius 1 is 1.57 bits per heavy atom. The quantitative estimate of drug-likeness (QED) is 0.398. The number of carbonyl (C=O) groups is 2. The van der Waals surface area contributed by atoms with E-state index in [-0.39, 0.29) is 5.70 Å². The summed E-state index contributed by atoms with van der Waals surface area (Å²) in [4.78, 5) is 31.7. The number of carboxylic acids is 1. The van der Waals surface area contributed by atoms with E-state index >= 15 is 0 Å². The molecule has 3 N–H and O–H groups in total. The first-order valence-corrected chi connectivity index (χ1v) is 5.09. The smallest absolute Gasteiger partial charge is 0.352 e. The summed E-state index contributed by atoms with van der Waals surface area (Å²) < 4.78 is 0. The van der Waals surface area contributed by atoms with Crippen LogP contribution in [0.25, 0.3) is 0 Å². The Bertz CT molecular complexity index is 296. The summed E-state index contributed by atoms with van der Waals surface area (Å²) in [5, 5.41) is 19.0. The number of carboxylic acid groups (broad SMARTS) is 1. The fourth-order valence-electron chi connectivity index (χ4n) is 0.561. The van der Waals surface area contributed by atoms with Gasteiger partial charge in [-0.05, 0) is 0 Å². The number of carbonyl (C=O) groups excluding carboxylic acids is 1. The van der Waals surface area contributed by atoms with Gasteiger partial charge in [0.25, 0.3) is 0 Å². The molecule has 78 valence electrons. The third-order valence-electron chi connectivity index (χ3n) is 1.09. The maximum atomic E-state index is 10.7. The molecule has 1 amide bonds. The Balaban J connectivity index is 4.65. The van der Waals surface area contributed by atoms with Crippen molar-refractivity contribution in [1.82, 2.24) is 5.32 Å². The van der Waals surface area contributed by atoms with Gasteiger partial charge in [-0.3, -0.25) is 4.79 Å². The van der Waals surface area contributed by atoms with Gasteiger partial charge < -0.3 is 20.4 Å². The molecular weight excluding hydrogens is 209 g/mol. The van der Waals surface area contributed by atoms with E-state index in [1.807, 2.05) is 5.32 Å². The van der Waals surface area contributed by atoms with Gasteiger partial charge >= 0.3 is 5.97 Å². The molecule has 0 aliphatic rings. The van der Waals surface area contributed by atoms with Gasteiger partial charge in [0.2, 0.25) is 5.91 Å². The Hall–Kier alpha value is -1.23. The fraction of sp³-hybridized carbons (Fsp3) is 0.286. The number of aliphatic hydroxyl groups is 1. The lowest BCUT2D eigenvalue weighted by Gasteiger charge is -1.99. The van der Waals surface area contributed by atoms with Crippen molar-refractivity contribution in [2.24, 2.45) is 0 Å². The SMILES string of the molecule is CC(=O)N/C(=C\C=[P+](/[O-])CO)C(=O)O. The molecule has 0 rings (SSSR count). The number of aliphatic carboxylic acids is 1. The van der Waals surface area contributed by atoms with Gasteiger partial charge in [-0.1, -0.05) is 0 Å². The van der Waals surface area contributed by atoms with Crippen LogP contribution in [0.3, 0.4) is 0 Å². The van der Waals surface area contributed by atoms with Crippen LogP contribution in [0.15, 0.2) is 11.8 Å². The van der Waals surface area contributed by atoms with Crippen molar-refractivity contribution in [3.8, 4) is 0 Å². The second-order valence-corrected chi connectivity index (χ2v) is 3.69. The molecule has 1 unspecified atom stereocenters. The minimum Gasteiger partial charge on any atom is -0.629 e. The molecule has 0 spiro atoms. The molecule has 0 aliphatic heterocycles. The minimum atomic E-state index is -1.97. The maximum absolute atomic E-state index is 10.7. The van der Waals surface area contributed by atoms with E-state index in [1.54, 1.807) is 0 Å². The Kier molecular flexibility index (Phi) is 5.71. The van der Waals surface area contributed by atoms with Crippen molar-refractivity contribution in [1.29, 1.82) is 0 Å². The van der Waals surface area contributed by atoms with E-state index in [9.17, 15) is 14.5 Å². The molecule has 0 heterocycles. The highest BCUT2D eigenvalue weighted by molar-refractivity contribution is 7.50. The van der Waals surface area contributed by atoms with Crippen molar-refractivity contribution in [2.75, 3.05) is 6.35 Å². The molecule has 0 aliphatic carbocycles. The minimum absolute atomic E-state index is 0.380. The first-order chi connectivity index (χ1) is 6.47. The second kappa shape index (κ2) is 6.26. The molecule has 0 saturated carbocycles. The van der Waals surface area contributed by atoms with E-state index in [0.717, 1.165) is 18.8 Å². The molecule has 0 radical (unpaired) electrons. The summed E-state index contributed by atoms with van der Waals surface area (Å²) >= 11 is 0. The number of amides is 1. The van der Waals surface area contributed by atoms with Gasteiger partial charge in [-0.25, -0.2) is 4.79 Å². The summed E-state index contributed by atoms with van der Waals surface area (Å²) in [6.45, 7) is 1.16. The lowest BCUT2D eigenvalue weighted by Crippen LogP contribution is -2.24. The predicted molar refractivity (Wildman–Crippen MR) is 49.6 cm³/mol. The molecule has 0 bridgehead atoms. The molecule has 0 fully saturated rings. The van der Waals surface area contributed by atoms with Crippen LogP contribution in [0.2, 0.25) is 0 Å². The van der Waals surface area contributed by atoms with Crippen LogP contribution in [0.4, 0.5) is 0 Å². The number of nitrogens with one attached hydrogen (secondary N) is 1. The van der Waals surface area contributed by atoms with E-state index in [4.69, 9.17) is 10.2 Å². The molecule has 6 nitrogen and oxygen atoms in total.